The van der Waals surface area contributed by atoms with Gasteiger partial charge >= 0.3 is 0 Å². The van der Waals surface area contributed by atoms with Crippen LogP contribution in [0, 0.1) is 6.92 Å². The molecule has 0 fully saturated rings. The third-order valence-electron chi connectivity index (χ3n) is 2.71. The number of nitrogens with two attached hydrogens (primary N) is 1. The molecule has 0 aromatic heterocycles. The summed E-state index contributed by atoms with van der Waals surface area (Å²) >= 11 is 5.85. The van der Waals surface area contributed by atoms with Gasteiger partial charge in [-0.2, -0.15) is 0 Å². The molecule has 1 aromatic rings. The number of hydrogen-bond donors (Lipinski definition) is 2. The molecule has 1 aromatic carbocycles. The number of carbonyl (C=O) groups excluding carboxylic acids is 1. The van der Waals surface area contributed by atoms with E-state index in [-0.39, 0.29) is 27.1 Å². The lowest BCUT2D eigenvalue weighted by Gasteiger charge is -2.12. The Labute approximate surface area is 129 Å². The molecular weight excluding hydrogens is 316 g/mol. The topological polar surface area (TPSA) is 98.5 Å². The van der Waals surface area contributed by atoms with E-state index in [0.29, 0.717) is 13.2 Å². The maximum Gasteiger partial charge on any atom is 0.251 e. The molecule has 0 radical (unpaired) electrons. The molecule has 0 saturated heterocycles. The number of sulfonamides is 1. The fraction of sp³-hybridized carbons (Fsp3) is 0.462. The van der Waals surface area contributed by atoms with Gasteiger partial charge < -0.3 is 10.1 Å². The van der Waals surface area contributed by atoms with Crippen LogP contribution in [-0.2, 0) is 14.8 Å². The molecule has 0 saturated carbocycles. The first kappa shape index (κ1) is 17.9. The fourth-order valence-electron chi connectivity index (χ4n) is 1.74. The third kappa shape index (κ3) is 5.28. The van der Waals surface area contributed by atoms with Crippen molar-refractivity contribution in [2.24, 2.45) is 5.14 Å². The minimum atomic E-state index is -3.94. The Bertz CT molecular complexity index is 629. The summed E-state index contributed by atoms with van der Waals surface area (Å²) in [4.78, 5) is 11.9. The summed E-state index contributed by atoms with van der Waals surface area (Å²) in [5.74, 6) is -0.424. The first-order valence-corrected chi connectivity index (χ1v) is 8.28. The van der Waals surface area contributed by atoms with Gasteiger partial charge in [0.15, 0.2) is 0 Å². The summed E-state index contributed by atoms with van der Waals surface area (Å²) in [5, 5.41) is 7.89. The molecule has 3 N–H and O–H groups in total. The number of carbonyl (C=O) groups is 1. The summed E-state index contributed by atoms with van der Waals surface area (Å²) in [5.41, 5.74) is 0.445. The van der Waals surface area contributed by atoms with Gasteiger partial charge in [-0.05, 0) is 38.5 Å². The lowest BCUT2D eigenvalue weighted by molar-refractivity contribution is 0.0746. The minimum absolute atomic E-state index is 0.0730. The molecule has 0 aliphatic heterocycles. The summed E-state index contributed by atoms with van der Waals surface area (Å²) in [6, 6.07) is 2.63. The second-order valence-corrected chi connectivity index (χ2v) is 6.76. The number of hydrogen-bond acceptors (Lipinski definition) is 4. The number of nitrogens with one attached hydrogen (secondary N) is 1. The van der Waals surface area contributed by atoms with Crippen LogP contribution in [0.25, 0.3) is 0 Å². The highest BCUT2D eigenvalue weighted by Crippen LogP contribution is 2.23. The highest BCUT2D eigenvalue weighted by molar-refractivity contribution is 7.89. The van der Waals surface area contributed by atoms with Crippen molar-refractivity contribution in [1.82, 2.24) is 5.32 Å². The van der Waals surface area contributed by atoms with Gasteiger partial charge in [0.25, 0.3) is 5.91 Å². The second-order valence-electron chi connectivity index (χ2n) is 4.80. The number of rotatable bonds is 6. The van der Waals surface area contributed by atoms with Crippen molar-refractivity contribution in [2.75, 3.05) is 13.2 Å². The molecule has 21 heavy (non-hydrogen) atoms. The Morgan fingerprint density at radius 1 is 1.43 bits per heavy atom. The molecule has 1 amide bonds. The second kappa shape index (κ2) is 7.22. The van der Waals surface area contributed by atoms with E-state index < -0.39 is 15.9 Å². The zero-order valence-corrected chi connectivity index (χ0v) is 13.7. The van der Waals surface area contributed by atoms with Crippen LogP contribution in [0.1, 0.15) is 29.8 Å². The SMILES string of the molecule is Cc1c(C(=O)NCCOC(C)C)cc(Cl)cc1S(N)(=O)=O. The van der Waals surface area contributed by atoms with Gasteiger partial charge in [-0.15, -0.1) is 0 Å². The first-order valence-electron chi connectivity index (χ1n) is 6.35. The zero-order valence-electron chi connectivity index (χ0n) is 12.1. The monoisotopic (exact) mass is 334 g/mol. The Balaban J connectivity index is 2.93. The van der Waals surface area contributed by atoms with Gasteiger partial charge in [-0.25, -0.2) is 13.6 Å². The highest BCUT2D eigenvalue weighted by Gasteiger charge is 2.19. The van der Waals surface area contributed by atoms with E-state index in [1.165, 1.54) is 19.1 Å². The molecule has 8 heteroatoms. The van der Waals surface area contributed by atoms with Crippen molar-refractivity contribution < 1.29 is 17.9 Å². The van der Waals surface area contributed by atoms with Gasteiger partial charge in [0.2, 0.25) is 10.0 Å². The quantitative estimate of drug-likeness (QED) is 0.769. The Morgan fingerprint density at radius 3 is 2.57 bits per heavy atom. The van der Waals surface area contributed by atoms with Gasteiger partial charge in [-0.1, -0.05) is 11.6 Å². The normalized spacial score (nSPS) is 11.7. The first-order chi connectivity index (χ1) is 9.62. The van der Waals surface area contributed by atoms with Crippen molar-refractivity contribution in [3.8, 4) is 0 Å². The molecule has 0 atom stereocenters. The number of ether oxygens (including phenoxy) is 1. The van der Waals surface area contributed by atoms with E-state index >= 15 is 0 Å². The van der Waals surface area contributed by atoms with Crippen molar-refractivity contribution in [1.29, 1.82) is 0 Å². The number of primary sulfonamides is 1. The van der Waals surface area contributed by atoms with Crippen LogP contribution in [0.15, 0.2) is 17.0 Å². The largest absolute Gasteiger partial charge is 0.377 e. The standard InChI is InChI=1S/C13H19ClN2O4S/c1-8(2)20-5-4-16-13(17)11-6-10(14)7-12(9(11)3)21(15,18)19/h6-8H,4-5H2,1-3H3,(H,16,17)(H2,15,18,19). The van der Waals surface area contributed by atoms with Crippen molar-refractivity contribution >= 4 is 27.5 Å². The van der Waals surface area contributed by atoms with E-state index in [1.54, 1.807) is 0 Å². The van der Waals surface area contributed by atoms with Crippen molar-refractivity contribution in [3.05, 3.63) is 28.3 Å². The summed E-state index contributed by atoms with van der Waals surface area (Å²) in [6.45, 7) is 5.97. The summed E-state index contributed by atoms with van der Waals surface area (Å²) in [7, 11) is -3.94. The minimum Gasteiger partial charge on any atom is -0.377 e. The number of amides is 1. The molecule has 118 valence electrons. The molecule has 0 bridgehead atoms. The lowest BCUT2D eigenvalue weighted by atomic mass is 10.1. The van der Waals surface area contributed by atoms with E-state index in [9.17, 15) is 13.2 Å². The summed E-state index contributed by atoms with van der Waals surface area (Å²) in [6.07, 6.45) is 0.0730. The predicted octanol–water partition coefficient (Wildman–Crippen LogP) is 1.45. The van der Waals surface area contributed by atoms with E-state index in [4.69, 9.17) is 21.5 Å². The molecule has 0 heterocycles. The predicted molar refractivity (Wildman–Crippen MR) is 81.0 cm³/mol. The zero-order chi connectivity index (χ0) is 16.2. The lowest BCUT2D eigenvalue weighted by Crippen LogP contribution is -2.29. The van der Waals surface area contributed by atoms with Crippen molar-refractivity contribution in [3.63, 3.8) is 0 Å². The Kier molecular flexibility index (Phi) is 6.15. The van der Waals surface area contributed by atoms with Crippen LogP contribution < -0.4 is 10.5 Å². The van der Waals surface area contributed by atoms with Crippen LogP contribution in [0.4, 0.5) is 0 Å². The van der Waals surface area contributed by atoms with E-state index in [1.807, 2.05) is 13.8 Å². The number of benzene rings is 1. The molecule has 1 rings (SSSR count). The molecule has 0 unspecified atom stereocenters. The van der Waals surface area contributed by atoms with Crippen LogP contribution in [0.2, 0.25) is 5.02 Å². The average Bonchev–Trinajstić information content (AvgIpc) is 2.35. The Hall–Kier alpha value is -1.15. The van der Waals surface area contributed by atoms with Crippen LogP contribution in [-0.4, -0.2) is 33.6 Å². The molecule has 0 aliphatic rings. The Morgan fingerprint density at radius 2 is 2.05 bits per heavy atom. The summed E-state index contributed by atoms with van der Waals surface area (Å²) < 4.78 is 28.3. The molecular formula is C13H19ClN2O4S. The smallest absolute Gasteiger partial charge is 0.251 e. The van der Waals surface area contributed by atoms with Crippen molar-refractivity contribution in [2.45, 2.75) is 31.8 Å². The van der Waals surface area contributed by atoms with E-state index in [0.717, 1.165) is 0 Å². The molecule has 0 aliphatic carbocycles. The maximum absolute atomic E-state index is 12.1. The van der Waals surface area contributed by atoms with Gasteiger partial charge in [-0.3, -0.25) is 4.79 Å². The van der Waals surface area contributed by atoms with Gasteiger partial charge in [0, 0.05) is 17.1 Å². The van der Waals surface area contributed by atoms with Gasteiger partial charge in [0.1, 0.15) is 0 Å². The third-order valence-corrected chi connectivity index (χ3v) is 3.97. The fourth-order valence-corrected chi connectivity index (χ4v) is 2.85. The van der Waals surface area contributed by atoms with Crippen LogP contribution in [0.3, 0.4) is 0 Å². The maximum atomic E-state index is 12.1. The highest BCUT2D eigenvalue weighted by atomic mass is 35.5. The molecule has 6 nitrogen and oxygen atoms in total. The molecule has 0 spiro atoms. The number of halogens is 1. The van der Waals surface area contributed by atoms with Gasteiger partial charge in [0.05, 0.1) is 17.6 Å². The van der Waals surface area contributed by atoms with Crippen LogP contribution >= 0.6 is 11.6 Å². The average molecular weight is 335 g/mol. The van der Waals surface area contributed by atoms with E-state index in [2.05, 4.69) is 5.32 Å². The van der Waals surface area contributed by atoms with Crippen LogP contribution in [0.5, 0.6) is 0 Å².